The zero-order valence-corrected chi connectivity index (χ0v) is 12.3. The Balaban J connectivity index is 1.84. The summed E-state index contributed by atoms with van der Waals surface area (Å²) in [5, 5.41) is 12.6. The first-order chi connectivity index (χ1) is 9.18. The largest absolute Gasteiger partial charge is 0.481 e. The Morgan fingerprint density at radius 1 is 1.21 bits per heavy atom. The van der Waals surface area contributed by atoms with Gasteiger partial charge >= 0.3 is 5.97 Å². The van der Waals surface area contributed by atoms with E-state index in [4.69, 9.17) is 5.11 Å². The molecule has 1 amide bonds. The second-order valence-electron chi connectivity index (χ2n) is 4.81. The summed E-state index contributed by atoms with van der Waals surface area (Å²) in [5.74, 6) is 1.43. The second kappa shape index (κ2) is 7.24. The normalized spacial score (nSPS) is 30.8. The predicted octanol–water partition coefficient (Wildman–Crippen LogP) is 1.62. The van der Waals surface area contributed by atoms with Crippen molar-refractivity contribution in [1.82, 2.24) is 5.32 Å². The van der Waals surface area contributed by atoms with Crippen molar-refractivity contribution in [2.45, 2.75) is 18.1 Å². The number of carboxylic acids is 1. The van der Waals surface area contributed by atoms with Gasteiger partial charge < -0.3 is 10.4 Å². The number of carbonyl (C=O) groups is 2. The zero-order chi connectivity index (χ0) is 13.7. The molecule has 0 aromatic heterocycles. The molecular weight excluding hydrogens is 282 g/mol. The Labute approximate surface area is 121 Å². The Hall–Kier alpha value is -0.620. The van der Waals surface area contributed by atoms with Crippen molar-refractivity contribution in [2.24, 2.45) is 11.8 Å². The van der Waals surface area contributed by atoms with Crippen LogP contribution in [0.5, 0.6) is 0 Å². The summed E-state index contributed by atoms with van der Waals surface area (Å²) in [5.41, 5.74) is 0. The summed E-state index contributed by atoms with van der Waals surface area (Å²) >= 11 is 3.81. The average molecular weight is 301 g/mol. The molecule has 4 nitrogen and oxygen atoms in total. The van der Waals surface area contributed by atoms with Crippen LogP contribution >= 0.6 is 23.5 Å². The van der Waals surface area contributed by atoms with Crippen molar-refractivity contribution in [3.05, 3.63) is 12.2 Å². The lowest BCUT2D eigenvalue weighted by Gasteiger charge is -2.26. The zero-order valence-electron chi connectivity index (χ0n) is 10.7. The first-order valence-corrected chi connectivity index (χ1v) is 8.73. The highest BCUT2D eigenvalue weighted by molar-refractivity contribution is 8.06. The highest BCUT2D eigenvalue weighted by Crippen LogP contribution is 2.27. The fraction of sp³-hybridized carbons (Fsp3) is 0.692. The van der Waals surface area contributed by atoms with Gasteiger partial charge in [-0.15, -0.1) is 0 Å². The average Bonchev–Trinajstić information content (AvgIpc) is 2.46. The first-order valence-electron chi connectivity index (χ1n) is 6.53. The van der Waals surface area contributed by atoms with E-state index in [-0.39, 0.29) is 5.91 Å². The molecule has 19 heavy (non-hydrogen) atoms. The molecule has 106 valence electrons. The van der Waals surface area contributed by atoms with Crippen LogP contribution in [0.15, 0.2) is 12.2 Å². The molecule has 0 spiro atoms. The van der Waals surface area contributed by atoms with E-state index in [1.54, 1.807) is 0 Å². The van der Waals surface area contributed by atoms with Gasteiger partial charge in [-0.1, -0.05) is 12.2 Å². The molecule has 1 aliphatic carbocycles. The highest BCUT2D eigenvalue weighted by atomic mass is 32.2. The van der Waals surface area contributed by atoms with E-state index in [0.29, 0.717) is 24.6 Å². The minimum Gasteiger partial charge on any atom is -0.481 e. The Kier molecular flexibility index (Phi) is 5.63. The SMILES string of the molecule is O=C(O)[C@H]1CC=CC[C@H]1C(=O)NCC1CSCCS1. The van der Waals surface area contributed by atoms with E-state index in [1.165, 1.54) is 5.75 Å². The third-order valence-corrected chi connectivity index (χ3v) is 6.32. The van der Waals surface area contributed by atoms with Gasteiger partial charge in [0.25, 0.3) is 0 Å². The van der Waals surface area contributed by atoms with Crippen LogP contribution in [0.25, 0.3) is 0 Å². The molecule has 1 aliphatic heterocycles. The highest BCUT2D eigenvalue weighted by Gasteiger charge is 2.34. The van der Waals surface area contributed by atoms with E-state index >= 15 is 0 Å². The number of carbonyl (C=O) groups excluding carboxylic acids is 1. The van der Waals surface area contributed by atoms with Crippen LogP contribution in [0.3, 0.4) is 0 Å². The molecule has 1 unspecified atom stereocenters. The summed E-state index contributed by atoms with van der Waals surface area (Å²) in [7, 11) is 0. The van der Waals surface area contributed by atoms with Crippen molar-refractivity contribution in [3.8, 4) is 0 Å². The quantitative estimate of drug-likeness (QED) is 0.772. The maximum absolute atomic E-state index is 12.1. The van der Waals surface area contributed by atoms with Gasteiger partial charge in [0, 0.05) is 29.1 Å². The number of hydrogen-bond acceptors (Lipinski definition) is 4. The molecule has 0 bridgehead atoms. The summed E-state index contributed by atoms with van der Waals surface area (Å²) in [4.78, 5) is 23.3. The van der Waals surface area contributed by atoms with Crippen molar-refractivity contribution < 1.29 is 14.7 Å². The summed E-state index contributed by atoms with van der Waals surface area (Å²) in [6.07, 6.45) is 4.77. The minimum absolute atomic E-state index is 0.104. The minimum atomic E-state index is -0.868. The van der Waals surface area contributed by atoms with Gasteiger partial charge in [-0.05, 0) is 12.8 Å². The molecule has 3 atom stereocenters. The van der Waals surface area contributed by atoms with Gasteiger partial charge in [0.1, 0.15) is 0 Å². The van der Waals surface area contributed by atoms with E-state index in [1.807, 2.05) is 35.7 Å². The Bertz CT molecular complexity index is 367. The van der Waals surface area contributed by atoms with Gasteiger partial charge in [0.05, 0.1) is 11.8 Å². The fourth-order valence-corrected chi connectivity index (χ4v) is 4.99. The maximum atomic E-state index is 12.1. The lowest BCUT2D eigenvalue weighted by atomic mass is 9.82. The number of rotatable bonds is 4. The van der Waals surface area contributed by atoms with Gasteiger partial charge in [-0.3, -0.25) is 9.59 Å². The van der Waals surface area contributed by atoms with Crippen LogP contribution in [0, 0.1) is 11.8 Å². The monoisotopic (exact) mass is 301 g/mol. The molecule has 2 rings (SSSR count). The van der Waals surface area contributed by atoms with Gasteiger partial charge in [-0.25, -0.2) is 0 Å². The molecule has 2 aliphatic rings. The van der Waals surface area contributed by atoms with Crippen LogP contribution in [0.1, 0.15) is 12.8 Å². The van der Waals surface area contributed by atoms with Crippen LogP contribution < -0.4 is 5.32 Å². The Morgan fingerprint density at radius 3 is 2.58 bits per heavy atom. The number of hydrogen-bond donors (Lipinski definition) is 2. The van der Waals surface area contributed by atoms with E-state index in [2.05, 4.69) is 5.32 Å². The Morgan fingerprint density at radius 2 is 1.95 bits per heavy atom. The molecule has 6 heteroatoms. The molecule has 1 heterocycles. The van der Waals surface area contributed by atoms with Crippen molar-refractivity contribution >= 4 is 35.4 Å². The van der Waals surface area contributed by atoms with E-state index < -0.39 is 17.8 Å². The number of aliphatic carboxylic acids is 1. The molecule has 0 aromatic rings. The number of amides is 1. The van der Waals surface area contributed by atoms with E-state index in [9.17, 15) is 9.59 Å². The number of allylic oxidation sites excluding steroid dienone is 2. The van der Waals surface area contributed by atoms with Crippen LogP contribution in [-0.4, -0.2) is 46.0 Å². The molecule has 0 radical (unpaired) electrons. The molecule has 0 saturated carbocycles. The standard InChI is InChI=1S/C13H19NO3S2/c15-12(14-7-9-8-18-5-6-19-9)10-3-1-2-4-11(10)13(16)17/h1-2,9-11H,3-8H2,(H,14,15)(H,16,17)/t9?,10-,11+/m1/s1. The first kappa shape index (κ1) is 14.8. The molecule has 0 aromatic carbocycles. The van der Waals surface area contributed by atoms with Crippen molar-refractivity contribution in [1.29, 1.82) is 0 Å². The summed E-state index contributed by atoms with van der Waals surface area (Å²) in [6, 6.07) is 0. The summed E-state index contributed by atoms with van der Waals surface area (Å²) in [6.45, 7) is 0.656. The number of thioether (sulfide) groups is 2. The van der Waals surface area contributed by atoms with Gasteiger partial charge in [-0.2, -0.15) is 23.5 Å². The molecular formula is C13H19NO3S2. The molecule has 1 fully saturated rings. The predicted molar refractivity (Wildman–Crippen MR) is 79.6 cm³/mol. The second-order valence-corrected chi connectivity index (χ2v) is 7.36. The number of carboxylic acid groups (broad SMARTS) is 1. The fourth-order valence-electron chi connectivity index (χ4n) is 2.38. The summed E-state index contributed by atoms with van der Waals surface area (Å²) < 4.78 is 0. The lowest BCUT2D eigenvalue weighted by molar-refractivity contribution is -0.147. The van der Waals surface area contributed by atoms with Gasteiger partial charge in [0.2, 0.25) is 5.91 Å². The van der Waals surface area contributed by atoms with E-state index in [0.717, 1.165) is 11.5 Å². The van der Waals surface area contributed by atoms with Gasteiger partial charge in [0.15, 0.2) is 0 Å². The molecule has 2 N–H and O–H groups in total. The maximum Gasteiger partial charge on any atom is 0.307 e. The van der Waals surface area contributed by atoms with Crippen molar-refractivity contribution in [3.63, 3.8) is 0 Å². The number of nitrogens with one attached hydrogen (secondary N) is 1. The molecule has 1 saturated heterocycles. The third kappa shape index (κ3) is 4.18. The lowest BCUT2D eigenvalue weighted by Crippen LogP contribution is -2.41. The van der Waals surface area contributed by atoms with Crippen LogP contribution in [0.2, 0.25) is 0 Å². The van der Waals surface area contributed by atoms with Crippen LogP contribution in [-0.2, 0) is 9.59 Å². The van der Waals surface area contributed by atoms with Crippen LogP contribution in [0.4, 0.5) is 0 Å². The third-order valence-electron chi connectivity index (χ3n) is 3.48. The topological polar surface area (TPSA) is 66.4 Å². The van der Waals surface area contributed by atoms with Crippen molar-refractivity contribution in [2.75, 3.05) is 23.8 Å². The smallest absolute Gasteiger partial charge is 0.307 e.